The van der Waals surface area contributed by atoms with Gasteiger partial charge in [-0.1, -0.05) is 73.7 Å². The lowest BCUT2D eigenvalue weighted by atomic mass is 9.91. The second-order valence-corrected chi connectivity index (χ2v) is 11.2. The molecule has 4 heteroatoms. The van der Waals surface area contributed by atoms with E-state index >= 15 is 0 Å². The normalized spacial score (nSPS) is 14.3. The Morgan fingerprint density at radius 2 is 1.49 bits per heavy atom. The number of pyridine rings is 1. The smallest absolute Gasteiger partial charge is 0.0785 e. The Balaban J connectivity index is 1.41. The molecule has 200 valence electrons. The summed E-state index contributed by atoms with van der Waals surface area (Å²) in [5.41, 5.74) is 11.5. The quantitative estimate of drug-likeness (QED) is 0.216. The molecule has 0 amide bonds. The zero-order valence-corrected chi connectivity index (χ0v) is 24.1. The first kappa shape index (κ1) is 25.4. The van der Waals surface area contributed by atoms with Crippen molar-refractivity contribution in [2.75, 3.05) is 4.90 Å². The van der Waals surface area contributed by atoms with E-state index in [1.54, 1.807) is 0 Å². The van der Waals surface area contributed by atoms with E-state index in [4.69, 9.17) is 17.6 Å². The summed E-state index contributed by atoms with van der Waals surface area (Å²) in [7, 11) is 0. The van der Waals surface area contributed by atoms with Crippen LogP contribution in [0, 0.1) is 6.92 Å². The molecule has 0 saturated carbocycles. The van der Waals surface area contributed by atoms with Crippen LogP contribution < -0.4 is 4.90 Å². The maximum absolute atomic E-state index is 5.17. The molecule has 0 N–H and O–H groups in total. The number of anilines is 3. The highest BCUT2D eigenvalue weighted by Gasteiger charge is 2.24. The van der Waals surface area contributed by atoms with Crippen molar-refractivity contribution in [1.82, 2.24) is 9.55 Å². The van der Waals surface area contributed by atoms with Gasteiger partial charge in [0.2, 0.25) is 0 Å². The Morgan fingerprint density at radius 3 is 2.22 bits per heavy atom. The van der Waals surface area contributed by atoms with E-state index in [2.05, 4.69) is 126 Å². The molecule has 1 atom stereocenters. The number of benzene rings is 4. The zero-order valence-electron chi connectivity index (χ0n) is 23.2. The Labute approximate surface area is 246 Å². The number of fused-ring (bicyclic) bond motifs is 3. The minimum absolute atomic E-state index is 0.484. The van der Waals surface area contributed by atoms with Crippen molar-refractivity contribution in [2.45, 2.75) is 31.1 Å². The molecule has 41 heavy (non-hydrogen) atoms. The van der Waals surface area contributed by atoms with Crippen molar-refractivity contribution in [3.05, 3.63) is 138 Å². The Kier molecular flexibility index (Phi) is 6.49. The zero-order chi connectivity index (χ0) is 27.9. The van der Waals surface area contributed by atoms with Gasteiger partial charge in [0.1, 0.15) is 0 Å². The third-order valence-corrected chi connectivity index (χ3v) is 8.62. The molecule has 0 aliphatic heterocycles. The van der Waals surface area contributed by atoms with Crippen molar-refractivity contribution in [2.24, 2.45) is 0 Å². The molecule has 4 aromatic carbocycles. The van der Waals surface area contributed by atoms with Crippen molar-refractivity contribution in [1.29, 1.82) is 0 Å². The molecule has 1 aliphatic rings. The molecule has 7 rings (SSSR count). The van der Waals surface area contributed by atoms with Crippen LogP contribution in [0.1, 0.15) is 36.1 Å². The van der Waals surface area contributed by atoms with Crippen LogP contribution in [0.4, 0.5) is 17.1 Å². The molecule has 0 radical (unpaired) electrons. The van der Waals surface area contributed by atoms with Gasteiger partial charge in [-0.25, -0.2) is 0 Å². The predicted octanol–water partition coefficient (Wildman–Crippen LogP) is 10.3. The average molecular weight is 550 g/mol. The number of allylic oxidation sites excluding steroid dienone is 1. The highest BCUT2D eigenvalue weighted by molar-refractivity contribution is 7.80. The molecule has 2 aromatic heterocycles. The molecule has 0 fully saturated rings. The minimum Gasteiger partial charge on any atom is -0.310 e. The van der Waals surface area contributed by atoms with E-state index in [1.165, 1.54) is 27.7 Å². The Bertz CT molecular complexity index is 1860. The third-order valence-electron chi connectivity index (χ3n) is 8.15. The monoisotopic (exact) mass is 549 g/mol. The van der Waals surface area contributed by atoms with Crippen LogP contribution in [0.5, 0.6) is 0 Å². The number of hydrogen-bond acceptors (Lipinski definition) is 3. The van der Waals surface area contributed by atoms with Gasteiger partial charge in [-0.2, -0.15) is 0 Å². The van der Waals surface area contributed by atoms with Gasteiger partial charge in [0.05, 0.1) is 17.4 Å². The van der Waals surface area contributed by atoms with Gasteiger partial charge >= 0.3 is 0 Å². The lowest BCUT2D eigenvalue weighted by molar-refractivity contribution is 0.773. The Hall–Kier alpha value is -4.54. The molecule has 2 heterocycles. The number of thiol groups is 1. The molecule has 6 aromatic rings. The van der Waals surface area contributed by atoms with Crippen molar-refractivity contribution in [3.8, 4) is 16.8 Å². The van der Waals surface area contributed by atoms with Gasteiger partial charge in [-0.3, -0.25) is 4.98 Å². The van der Waals surface area contributed by atoms with Crippen LogP contribution in [0.2, 0.25) is 0 Å². The van der Waals surface area contributed by atoms with Gasteiger partial charge in [0, 0.05) is 44.8 Å². The molecule has 3 nitrogen and oxygen atoms in total. The SMILES string of the molecule is Cc1ccc(-n2c3c(c4ccccc42)C(C)CC=C3)cc1-c1cncc(N(c2ccccc2)c2ccccc2)c1S. The molecule has 0 spiro atoms. The number of aryl methyl sites for hydroxylation is 1. The number of hydrogen-bond donors (Lipinski definition) is 1. The standard InChI is InChI=1S/C37H31N3S/c1-25-20-21-29(40-33-18-10-9-17-30(33)36-26(2)12-11-19-34(36)40)22-31(25)32-23-38-24-35(37(32)41)39(27-13-5-3-6-14-27)28-15-7-4-8-16-28/h3-11,13-24,26H,12H2,1-2H3,(H,38,41). The average Bonchev–Trinajstić information content (AvgIpc) is 3.35. The fraction of sp³-hybridized carbons (Fsp3) is 0.108. The van der Waals surface area contributed by atoms with Gasteiger partial charge in [0.15, 0.2) is 0 Å². The van der Waals surface area contributed by atoms with Crippen LogP contribution in [0.15, 0.2) is 126 Å². The summed E-state index contributed by atoms with van der Waals surface area (Å²) in [6, 6.07) is 36.3. The van der Waals surface area contributed by atoms with E-state index in [0.29, 0.717) is 5.92 Å². The summed E-state index contributed by atoms with van der Waals surface area (Å²) >= 11 is 5.17. The fourth-order valence-electron chi connectivity index (χ4n) is 6.17. The molecular formula is C37H31N3S. The summed E-state index contributed by atoms with van der Waals surface area (Å²) in [6.45, 7) is 4.49. The molecule has 0 saturated heterocycles. The van der Waals surface area contributed by atoms with E-state index in [1.807, 2.05) is 24.5 Å². The van der Waals surface area contributed by atoms with Crippen LogP contribution in [0.25, 0.3) is 33.8 Å². The molecular weight excluding hydrogens is 518 g/mol. The van der Waals surface area contributed by atoms with Crippen LogP contribution >= 0.6 is 12.6 Å². The van der Waals surface area contributed by atoms with Gasteiger partial charge < -0.3 is 9.47 Å². The summed E-state index contributed by atoms with van der Waals surface area (Å²) in [6.07, 6.45) is 9.52. The van der Waals surface area contributed by atoms with Crippen molar-refractivity contribution >= 4 is 46.7 Å². The Morgan fingerprint density at radius 1 is 0.805 bits per heavy atom. The lowest BCUT2D eigenvalue weighted by Crippen LogP contribution is -2.11. The second kappa shape index (κ2) is 10.5. The minimum atomic E-state index is 0.484. The summed E-state index contributed by atoms with van der Waals surface area (Å²) in [5.74, 6) is 0.484. The summed E-state index contributed by atoms with van der Waals surface area (Å²) in [4.78, 5) is 7.86. The first-order valence-electron chi connectivity index (χ1n) is 14.1. The summed E-state index contributed by atoms with van der Waals surface area (Å²) in [5, 5.41) is 1.33. The van der Waals surface area contributed by atoms with Crippen LogP contribution in [-0.2, 0) is 0 Å². The first-order valence-corrected chi connectivity index (χ1v) is 14.5. The van der Waals surface area contributed by atoms with Crippen molar-refractivity contribution in [3.63, 3.8) is 0 Å². The van der Waals surface area contributed by atoms with Gasteiger partial charge in [0.25, 0.3) is 0 Å². The largest absolute Gasteiger partial charge is 0.310 e. The van der Waals surface area contributed by atoms with E-state index in [9.17, 15) is 0 Å². The fourth-order valence-corrected chi connectivity index (χ4v) is 6.51. The maximum atomic E-state index is 5.17. The van der Waals surface area contributed by atoms with Gasteiger partial charge in [-0.15, -0.1) is 12.6 Å². The first-order chi connectivity index (χ1) is 20.1. The lowest BCUT2D eigenvalue weighted by Gasteiger charge is -2.27. The highest BCUT2D eigenvalue weighted by Crippen LogP contribution is 2.43. The van der Waals surface area contributed by atoms with Crippen LogP contribution in [-0.4, -0.2) is 9.55 Å². The topological polar surface area (TPSA) is 21.1 Å². The number of nitrogens with zero attached hydrogens (tertiary/aromatic N) is 3. The van der Waals surface area contributed by atoms with E-state index in [0.717, 1.165) is 45.2 Å². The molecule has 0 bridgehead atoms. The predicted molar refractivity (Wildman–Crippen MR) is 175 cm³/mol. The van der Waals surface area contributed by atoms with E-state index in [-0.39, 0.29) is 0 Å². The molecule has 1 aliphatic carbocycles. The van der Waals surface area contributed by atoms with Crippen molar-refractivity contribution < 1.29 is 0 Å². The number of rotatable bonds is 5. The van der Waals surface area contributed by atoms with Gasteiger partial charge in [-0.05, 0) is 84.5 Å². The highest BCUT2D eigenvalue weighted by atomic mass is 32.1. The maximum Gasteiger partial charge on any atom is 0.0785 e. The third kappa shape index (κ3) is 4.36. The second-order valence-electron chi connectivity index (χ2n) is 10.8. The van der Waals surface area contributed by atoms with Crippen LogP contribution in [0.3, 0.4) is 0 Å². The number of para-hydroxylation sites is 3. The summed E-state index contributed by atoms with van der Waals surface area (Å²) < 4.78 is 2.41. The van der Waals surface area contributed by atoms with E-state index < -0.39 is 0 Å². The molecule has 1 unspecified atom stereocenters. The number of aromatic nitrogens is 2.